The van der Waals surface area contributed by atoms with E-state index in [1.165, 1.54) is 0 Å². The Hall–Kier alpha value is -0.0600. The first kappa shape index (κ1) is 12.4. The zero-order valence-corrected chi connectivity index (χ0v) is 12.3. The van der Waals surface area contributed by atoms with Crippen LogP contribution in [0, 0.1) is 0 Å². The summed E-state index contributed by atoms with van der Waals surface area (Å²) < 4.78 is 0.759. The van der Waals surface area contributed by atoms with Crippen LogP contribution in [0.5, 0.6) is 0 Å². The molecule has 16 heavy (non-hydrogen) atoms. The van der Waals surface area contributed by atoms with Crippen molar-refractivity contribution in [2.45, 2.75) is 11.2 Å². The maximum absolute atomic E-state index is 12.2. The topological polar surface area (TPSA) is 20.3 Å². The maximum Gasteiger partial charge on any atom is 0.255 e. The van der Waals surface area contributed by atoms with Crippen LogP contribution in [0.1, 0.15) is 16.8 Å². The minimum atomic E-state index is 0.00764. The monoisotopic (exact) mass is 365 g/mol. The van der Waals surface area contributed by atoms with Gasteiger partial charge < -0.3 is 4.90 Å². The number of carbonyl (C=O) groups excluding carboxylic acids is 1. The second kappa shape index (κ2) is 5.07. The van der Waals surface area contributed by atoms with Gasteiger partial charge in [0.2, 0.25) is 0 Å². The van der Waals surface area contributed by atoms with E-state index in [1.54, 1.807) is 6.07 Å². The third-order valence-corrected chi connectivity index (χ3v) is 4.64. The highest BCUT2D eigenvalue weighted by atomic mass is 79.9. The number of likely N-dealkylation sites (tertiary alicyclic amines) is 1. The van der Waals surface area contributed by atoms with E-state index in [2.05, 4.69) is 31.9 Å². The molecule has 0 aliphatic carbocycles. The number of alkyl halides is 1. The molecular weight excluding hydrogens is 357 g/mol. The molecule has 0 radical (unpaired) electrons. The van der Waals surface area contributed by atoms with Crippen LogP contribution < -0.4 is 0 Å². The van der Waals surface area contributed by atoms with Crippen molar-refractivity contribution in [2.24, 2.45) is 0 Å². The lowest BCUT2D eigenvalue weighted by Gasteiger charge is -2.16. The summed E-state index contributed by atoms with van der Waals surface area (Å²) in [7, 11) is 0. The van der Waals surface area contributed by atoms with Crippen molar-refractivity contribution in [1.82, 2.24) is 4.90 Å². The second-order valence-electron chi connectivity index (χ2n) is 3.74. The zero-order chi connectivity index (χ0) is 11.7. The van der Waals surface area contributed by atoms with Crippen LogP contribution in [0.3, 0.4) is 0 Å². The molecule has 1 aliphatic rings. The largest absolute Gasteiger partial charge is 0.337 e. The first-order valence-corrected chi connectivity index (χ1v) is 7.05. The van der Waals surface area contributed by atoms with Crippen molar-refractivity contribution in [2.75, 3.05) is 13.1 Å². The molecule has 1 saturated heterocycles. The van der Waals surface area contributed by atoms with E-state index in [0.717, 1.165) is 24.0 Å². The summed E-state index contributed by atoms with van der Waals surface area (Å²) in [5.41, 5.74) is 0.567. The van der Waals surface area contributed by atoms with Gasteiger partial charge in [-0.1, -0.05) is 33.6 Å². The van der Waals surface area contributed by atoms with E-state index in [9.17, 15) is 4.79 Å². The minimum Gasteiger partial charge on any atom is -0.337 e. The number of halogens is 3. The highest BCUT2D eigenvalue weighted by molar-refractivity contribution is 9.10. The minimum absolute atomic E-state index is 0.00764. The first-order chi connectivity index (χ1) is 7.59. The van der Waals surface area contributed by atoms with Gasteiger partial charge in [-0.2, -0.15) is 0 Å². The van der Waals surface area contributed by atoms with Gasteiger partial charge in [-0.15, -0.1) is 0 Å². The van der Waals surface area contributed by atoms with E-state index in [1.807, 2.05) is 17.0 Å². The first-order valence-electron chi connectivity index (χ1n) is 4.97. The van der Waals surface area contributed by atoms with Crippen LogP contribution in [0.4, 0.5) is 0 Å². The number of carbonyl (C=O) groups is 1. The number of nitrogens with zero attached hydrogens (tertiary/aromatic N) is 1. The van der Waals surface area contributed by atoms with Gasteiger partial charge in [-0.05, 0) is 34.5 Å². The molecule has 86 valence electrons. The lowest BCUT2D eigenvalue weighted by atomic mass is 10.2. The van der Waals surface area contributed by atoms with Crippen molar-refractivity contribution in [3.63, 3.8) is 0 Å². The van der Waals surface area contributed by atoms with Crippen LogP contribution in [0.2, 0.25) is 5.02 Å². The Labute approximate surface area is 116 Å². The molecule has 1 aliphatic heterocycles. The molecule has 1 atom stereocenters. The molecule has 1 unspecified atom stereocenters. The quantitative estimate of drug-likeness (QED) is 0.693. The second-order valence-corrected chi connectivity index (χ2v) is 6.27. The van der Waals surface area contributed by atoms with Crippen molar-refractivity contribution in [1.29, 1.82) is 0 Å². The maximum atomic E-state index is 12.2. The normalized spacial score (nSPS) is 20.2. The molecule has 1 heterocycles. The molecule has 1 fully saturated rings. The van der Waals surface area contributed by atoms with E-state index in [4.69, 9.17) is 11.6 Å². The molecule has 1 amide bonds. The predicted molar refractivity (Wildman–Crippen MR) is 72.4 cm³/mol. The average molecular weight is 367 g/mol. The van der Waals surface area contributed by atoms with Crippen molar-refractivity contribution < 1.29 is 4.79 Å². The van der Waals surface area contributed by atoms with Gasteiger partial charge >= 0.3 is 0 Å². The highest BCUT2D eigenvalue weighted by Gasteiger charge is 2.26. The lowest BCUT2D eigenvalue weighted by Crippen LogP contribution is -2.29. The van der Waals surface area contributed by atoms with Crippen LogP contribution >= 0.6 is 43.5 Å². The van der Waals surface area contributed by atoms with Gasteiger partial charge in [0.1, 0.15) is 0 Å². The van der Waals surface area contributed by atoms with Gasteiger partial charge in [0, 0.05) is 22.4 Å². The number of benzene rings is 1. The highest BCUT2D eigenvalue weighted by Crippen LogP contribution is 2.28. The van der Waals surface area contributed by atoms with Crippen LogP contribution in [-0.2, 0) is 0 Å². The van der Waals surface area contributed by atoms with Gasteiger partial charge in [0.15, 0.2) is 0 Å². The molecule has 1 aromatic rings. The van der Waals surface area contributed by atoms with E-state index in [-0.39, 0.29) is 5.91 Å². The standard InChI is InChI=1S/C11H10Br2ClNO/c12-7-4-5-15(6-7)11(16)8-2-1-3-9(13)10(8)14/h1-3,7H,4-6H2. The van der Waals surface area contributed by atoms with Crippen LogP contribution in [-0.4, -0.2) is 28.7 Å². The summed E-state index contributed by atoms with van der Waals surface area (Å²) in [6.07, 6.45) is 0.997. The van der Waals surface area contributed by atoms with Crippen molar-refractivity contribution in [3.05, 3.63) is 33.3 Å². The summed E-state index contributed by atoms with van der Waals surface area (Å²) in [6.45, 7) is 1.54. The molecule has 2 nitrogen and oxygen atoms in total. The Bertz CT molecular complexity index is 424. The van der Waals surface area contributed by atoms with Crippen LogP contribution in [0.15, 0.2) is 22.7 Å². The molecule has 1 aromatic carbocycles. The number of amides is 1. The summed E-state index contributed by atoms with van der Waals surface area (Å²) in [6, 6.07) is 5.41. The molecule has 0 spiro atoms. The summed E-state index contributed by atoms with van der Waals surface area (Å²) >= 11 is 12.9. The molecule has 0 bridgehead atoms. The fraction of sp³-hybridized carbons (Fsp3) is 0.364. The van der Waals surface area contributed by atoms with E-state index in [0.29, 0.717) is 15.4 Å². The summed E-state index contributed by atoms with van der Waals surface area (Å²) in [5, 5.41) is 0.491. The van der Waals surface area contributed by atoms with Crippen LogP contribution in [0.25, 0.3) is 0 Å². The fourth-order valence-corrected chi connectivity index (χ4v) is 2.87. The van der Waals surface area contributed by atoms with E-state index < -0.39 is 0 Å². The Morgan fingerprint density at radius 3 is 2.88 bits per heavy atom. The molecule has 2 rings (SSSR count). The predicted octanol–water partition coefficient (Wildman–Crippen LogP) is 3.71. The summed E-state index contributed by atoms with van der Waals surface area (Å²) in [5.74, 6) is 0.00764. The Morgan fingerprint density at radius 1 is 1.50 bits per heavy atom. The number of hydrogen-bond donors (Lipinski definition) is 0. The number of rotatable bonds is 1. The smallest absolute Gasteiger partial charge is 0.255 e. The molecule has 0 aromatic heterocycles. The third kappa shape index (κ3) is 2.44. The van der Waals surface area contributed by atoms with Gasteiger partial charge in [0.05, 0.1) is 10.6 Å². The molecule has 0 saturated carbocycles. The third-order valence-electron chi connectivity index (χ3n) is 2.60. The average Bonchev–Trinajstić information content (AvgIpc) is 2.68. The van der Waals surface area contributed by atoms with Gasteiger partial charge in [-0.25, -0.2) is 0 Å². The number of hydrogen-bond acceptors (Lipinski definition) is 1. The lowest BCUT2D eigenvalue weighted by molar-refractivity contribution is 0.0793. The zero-order valence-electron chi connectivity index (χ0n) is 8.42. The van der Waals surface area contributed by atoms with E-state index >= 15 is 0 Å². The van der Waals surface area contributed by atoms with Gasteiger partial charge in [0.25, 0.3) is 5.91 Å². The SMILES string of the molecule is O=C(c1cccc(Br)c1Cl)N1CCC(Br)C1. The molecule has 5 heteroatoms. The Morgan fingerprint density at radius 2 is 2.25 bits per heavy atom. The molecular formula is C11H10Br2ClNO. The Kier molecular flexibility index (Phi) is 3.93. The van der Waals surface area contributed by atoms with Crippen molar-refractivity contribution >= 4 is 49.4 Å². The molecule has 0 N–H and O–H groups in total. The van der Waals surface area contributed by atoms with Gasteiger partial charge in [-0.3, -0.25) is 4.79 Å². The van der Waals surface area contributed by atoms with Crippen molar-refractivity contribution in [3.8, 4) is 0 Å². The Balaban J connectivity index is 2.24. The summed E-state index contributed by atoms with van der Waals surface area (Å²) in [4.78, 5) is 14.4. The fourth-order valence-electron chi connectivity index (χ4n) is 1.74.